The minimum absolute atomic E-state index is 0.0937. The molecule has 0 radical (unpaired) electrons. The molecule has 1 heterocycles. The Morgan fingerprint density at radius 2 is 1.96 bits per heavy atom. The van der Waals surface area contributed by atoms with E-state index in [2.05, 4.69) is 15.3 Å². The average Bonchev–Trinajstić information content (AvgIpc) is 2.50. The molecule has 0 amide bonds. The van der Waals surface area contributed by atoms with Crippen molar-refractivity contribution in [1.29, 1.82) is 0 Å². The largest absolute Gasteiger partial charge is 0.350 e. The lowest BCUT2D eigenvalue weighted by atomic mass is 10.2. The summed E-state index contributed by atoms with van der Waals surface area (Å²) in [6.07, 6.45) is 1.26. The first kappa shape index (κ1) is 15.4. The van der Waals surface area contributed by atoms with Crippen LogP contribution in [-0.4, -0.2) is 14.9 Å². The van der Waals surface area contributed by atoms with Gasteiger partial charge in [-0.1, -0.05) is 23.2 Å². The molecule has 0 aliphatic rings. The molecule has 0 spiro atoms. The van der Waals surface area contributed by atoms with E-state index in [1.54, 1.807) is 0 Å². The molecule has 0 bridgehead atoms. The van der Waals surface area contributed by atoms with Crippen LogP contribution in [0, 0.1) is 15.9 Å². The number of nitrogens with one attached hydrogen (secondary N) is 1. The molecule has 0 saturated heterocycles. The number of anilines is 2. The molecule has 6 nitrogen and oxygen atoms in total. The Morgan fingerprint density at radius 3 is 2.65 bits per heavy atom. The van der Waals surface area contributed by atoms with Crippen molar-refractivity contribution in [1.82, 2.24) is 9.97 Å². The molecule has 1 aromatic heterocycles. The summed E-state index contributed by atoms with van der Waals surface area (Å²) in [5, 5.41) is 14.5. The van der Waals surface area contributed by atoms with Crippen molar-refractivity contribution >= 4 is 51.2 Å². The highest BCUT2D eigenvalue weighted by Gasteiger charge is 2.18. The van der Waals surface area contributed by atoms with Gasteiger partial charge in [-0.2, -0.15) is 0 Å². The second-order valence-electron chi connectivity index (χ2n) is 4.56. The third-order valence-electron chi connectivity index (χ3n) is 3.10. The molecule has 1 N–H and O–H groups in total. The smallest absolute Gasteiger partial charge is 0.293 e. The molecule has 2 aromatic carbocycles. The second kappa shape index (κ2) is 5.94. The van der Waals surface area contributed by atoms with Crippen LogP contribution in [0.4, 0.5) is 21.5 Å². The number of rotatable bonds is 3. The molecule has 116 valence electrons. The number of benzene rings is 2. The molecule has 9 heteroatoms. The fourth-order valence-corrected chi connectivity index (χ4v) is 2.42. The number of hydrogen-bond acceptors (Lipinski definition) is 5. The van der Waals surface area contributed by atoms with Crippen LogP contribution in [0.25, 0.3) is 10.9 Å². The van der Waals surface area contributed by atoms with Gasteiger partial charge in [0.05, 0.1) is 15.5 Å². The molecule has 0 aliphatic carbocycles. The lowest BCUT2D eigenvalue weighted by molar-refractivity contribution is -0.383. The first-order valence-electron chi connectivity index (χ1n) is 6.26. The molecule has 0 fully saturated rings. The van der Waals surface area contributed by atoms with Crippen LogP contribution in [0.1, 0.15) is 0 Å². The standard InChI is InChI=1S/C14H7Cl2FN4O2/c15-9-3-7(1-2-10(9)17)20-12-5-11-8(4-13(12)21(22)23)14(16)19-6-18-11/h1-6,20H. The zero-order valence-corrected chi connectivity index (χ0v) is 12.8. The molecular formula is C14H7Cl2FN4O2. The van der Waals surface area contributed by atoms with E-state index in [0.717, 1.165) is 6.07 Å². The average molecular weight is 353 g/mol. The van der Waals surface area contributed by atoms with E-state index >= 15 is 0 Å². The highest BCUT2D eigenvalue weighted by Crippen LogP contribution is 2.34. The number of fused-ring (bicyclic) bond motifs is 1. The molecular weight excluding hydrogens is 346 g/mol. The van der Waals surface area contributed by atoms with E-state index in [1.165, 1.54) is 30.6 Å². The lowest BCUT2D eigenvalue weighted by Crippen LogP contribution is -1.98. The Morgan fingerprint density at radius 1 is 1.17 bits per heavy atom. The van der Waals surface area contributed by atoms with Gasteiger partial charge in [0.25, 0.3) is 5.69 Å². The maximum atomic E-state index is 13.2. The monoisotopic (exact) mass is 352 g/mol. The van der Waals surface area contributed by atoms with Gasteiger partial charge in [-0.25, -0.2) is 14.4 Å². The van der Waals surface area contributed by atoms with Gasteiger partial charge in [0.2, 0.25) is 0 Å². The number of halogens is 3. The first-order chi connectivity index (χ1) is 11.0. The van der Waals surface area contributed by atoms with Crippen LogP contribution >= 0.6 is 23.2 Å². The van der Waals surface area contributed by atoms with Gasteiger partial charge in [-0.05, 0) is 24.3 Å². The Balaban J connectivity index is 2.13. The Kier molecular flexibility index (Phi) is 3.97. The number of hydrogen-bond donors (Lipinski definition) is 1. The summed E-state index contributed by atoms with van der Waals surface area (Å²) < 4.78 is 13.2. The van der Waals surface area contributed by atoms with Crippen molar-refractivity contribution in [3.63, 3.8) is 0 Å². The van der Waals surface area contributed by atoms with E-state index in [-0.39, 0.29) is 21.6 Å². The van der Waals surface area contributed by atoms with Crippen molar-refractivity contribution in [3.8, 4) is 0 Å². The number of aromatic nitrogens is 2. The van der Waals surface area contributed by atoms with E-state index in [9.17, 15) is 14.5 Å². The topological polar surface area (TPSA) is 81.0 Å². The van der Waals surface area contributed by atoms with Crippen molar-refractivity contribution < 1.29 is 9.31 Å². The van der Waals surface area contributed by atoms with Crippen molar-refractivity contribution in [2.45, 2.75) is 0 Å². The maximum absolute atomic E-state index is 13.2. The zero-order valence-electron chi connectivity index (χ0n) is 11.3. The van der Waals surface area contributed by atoms with Crippen molar-refractivity contribution in [2.75, 3.05) is 5.32 Å². The van der Waals surface area contributed by atoms with Gasteiger partial charge >= 0.3 is 0 Å². The Labute approximate surface area is 139 Å². The van der Waals surface area contributed by atoms with Crippen molar-refractivity contribution in [2.24, 2.45) is 0 Å². The minimum Gasteiger partial charge on any atom is -0.350 e. The second-order valence-corrected chi connectivity index (χ2v) is 5.33. The summed E-state index contributed by atoms with van der Waals surface area (Å²) in [5.74, 6) is -0.579. The van der Waals surface area contributed by atoms with Crippen LogP contribution in [0.2, 0.25) is 10.2 Å². The molecule has 0 unspecified atom stereocenters. The van der Waals surface area contributed by atoms with Gasteiger partial charge in [0, 0.05) is 17.1 Å². The summed E-state index contributed by atoms with van der Waals surface area (Å²) in [6.45, 7) is 0. The zero-order chi connectivity index (χ0) is 16.6. The molecule has 0 saturated carbocycles. The van der Waals surface area contributed by atoms with E-state index in [1.807, 2.05) is 0 Å². The van der Waals surface area contributed by atoms with Crippen LogP contribution in [0.5, 0.6) is 0 Å². The molecule has 23 heavy (non-hydrogen) atoms. The van der Waals surface area contributed by atoms with Crippen LogP contribution < -0.4 is 5.32 Å². The van der Waals surface area contributed by atoms with Crippen molar-refractivity contribution in [3.05, 3.63) is 62.8 Å². The fraction of sp³-hybridized carbons (Fsp3) is 0. The molecule has 0 aliphatic heterocycles. The van der Waals surface area contributed by atoms with Crippen LogP contribution in [0.3, 0.4) is 0 Å². The fourth-order valence-electron chi connectivity index (χ4n) is 2.04. The van der Waals surface area contributed by atoms with Gasteiger partial charge < -0.3 is 5.32 Å². The molecule has 0 atom stereocenters. The number of nitrogens with zero attached hydrogens (tertiary/aromatic N) is 3. The number of nitro benzene ring substituents is 1. The van der Waals surface area contributed by atoms with E-state index in [0.29, 0.717) is 16.6 Å². The van der Waals surface area contributed by atoms with E-state index in [4.69, 9.17) is 23.2 Å². The predicted octanol–water partition coefficient (Wildman–Crippen LogP) is 4.73. The van der Waals surface area contributed by atoms with Crippen LogP contribution in [-0.2, 0) is 0 Å². The maximum Gasteiger partial charge on any atom is 0.293 e. The number of nitro groups is 1. The summed E-state index contributed by atoms with van der Waals surface area (Å²) in [7, 11) is 0. The van der Waals surface area contributed by atoms with E-state index < -0.39 is 10.7 Å². The quantitative estimate of drug-likeness (QED) is 0.418. The predicted molar refractivity (Wildman–Crippen MR) is 85.9 cm³/mol. The van der Waals surface area contributed by atoms with Gasteiger partial charge in [-0.15, -0.1) is 0 Å². The minimum atomic E-state index is -0.579. The summed E-state index contributed by atoms with van der Waals surface area (Å²) in [4.78, 5) is 18.6. The van der Waals surface area contributed by atoms with Gasteiger partial charge in [0.1, 0.15) is 23.0 Å². The Bertz CT molecular complexity index is 936. The summed E-state index contributed by atoms with van der Waals surface area (Å²) in [6, 6.07) is 6.67. The first-order valence-corrected chi connectivity index (χ1v) is 7.02. The molecule has 3 rings (SSSR count). The molecule has 3 aromatic rings. The summed E-state index contributed by atoms with van der Waals surface area (Å²) >= 11 is 11.6. The van der Waals surface area contributed by atoms with Gasteiger partial charge in [-0.3, -0.25) is 10.1 Å². The highest BCUT2D eigenvalue weighted by molar-refractivity contribution is 6.34. The SMILES string of the molecule is O=[N+]([O-])c1cc2c(Cl)ncnc2cc1Nc1ccc(F)c(Cl)c1. The third kappa shape index (κ3) is 3.01. The lowest BCUT2D eigenvalue weighted by Gasteiger charge is -2.09. The normalized spacial score (nSPS) is 10.7. The Hall–Kier alpha value is -2.51. The summed E-state index contributed by atoms with van der Waals surface area (Å²) in [5.41, 5.74) is 0.805. The third-order valence-corrected chi connectivity index (χ3v) is 3.69. The van der Waals surface area contributed by atoms with Gasteiger partial charge in [0.15, 0.2) is 0 Å². The van der Waals surface area contributed by atoms with Crippen LogP contribution in [0.15, 0.2) is 36.7 Å². The highest BCUT2D eigenvalue weighted by atomic mass is 35.5.